The zero-order chi connectivity index (χ0) is 20.0. The second-order valence-corrected chi connectivity index (χ2v) is 6.30. The van der Waals surface area contributed by atoms with Gasteiger partial charge in [0.1, 0.15) is 6.54 Å². The molecule has 2 aromatic rings. The highest BCUT2D eigenvalue weighted by Gasteiger charge is 2.19. The van der Waals surface area contributed by atoms with Crippen molar-refractivity contribution in [2.75, 3.05) is 11.9 Å². The summed E-state index contributed by atoms with van der Waals surface area (Å²) >= 11 is 5.86. The normalized spacial score (nSPS) is 11.4. The van der Waals surface area contributed by atoms with Crippen LogP contribution in [0.3, 0.4) is 0 Å². The maximum Gasteiger partial charge on any atom is 0.326 e. The van der Waals surface area contributed by atoms with Gasteiger partial charge in [-0.3, -0.25) is 14.4 Å². The molecule has 2 N–H and O–H groups in total. The standard InChI is InChI=1S/C19H20ClN3O4/c1-11-6-7-14(9-12(11)2)19(26)22-10-16(24)27-13(3)18(25)23-15-5-4-8-21-17(15)20/h4-9,13H,10H2,1-3H3,(H,22,26)(H,23,25). The molecule has 0 radical (unpaired) electrons. The molecular formula is C19H20ClN3O4. The number of hydrogen-bond donors (Lipinski definition) is 2. The largest absolute Gasteiger partial charge is 0.451 e. The van der Waals surface area contributed by atoms with Crippen LogP contribution >= 0.6 is 11.6 Å². The molecule has 0 saturated carbocycles. The van der Waals surface area contributed by atoms with E-state index in [9.17, 15) is 14.4 Å². The number of aromatic nitrogens is 1. The van der Waals surface area contributed by atoms with Crippen LogP contribution in [0.5, 0.6) is 0 Å². The van der Waals surface area contributed by atoms with Crippen LogP contribution in [-0.4, -0.2) is 35.4 Å². The second-order valence-electron chi connectivity index (χ2n) is 5.94. The summed E-state index contributed by atoms with van der Waals surface area (Å²) < 4.78 is 5.02. The van der Waals surface area contributed by atoms with Gasteiger partial charge in [-0.05, 0) is 56.2 Å². The van der Waals surface area contributed by atoms with Crippen molar-refractivity contribution in [3.63, 3.8) is 0 Å². The number of pyridine rings is 1. The molecule has 1 aromatic heterocycles. The average molecular weight is 390 g/mol. The highest BCUT2D eigenvalue weighted by molar-refractivity contribution is 6.32. The van der Waals surface area contributed by atoms with Crippen molar-refractivity contribution in [2.24, 2.45) is 0 Å². The van der Waals surface area contributed by atoms with Crippen molar-refractivity contribution in [3.05, 3.63) is 58.4 Å². The minimum atomic E-state index is -1.06. The van der Waals surface area contributed by atoms with E-state index in [4.69, 9.17) is 16.3 Å². The summed E-state index contributed by atoms with van der Waals surface area (Å²) in [4.78, 5) is 39.9. The first kappa shape index (κ1) is 20.4. The first-order valence-electron chi connectivity index (χ1n) is 8.24. The fourth-order valence-electron chi connectivity index (χ4n) is 2.14. The van der Waals surface area contributed by atoms with Gasteiger partial charge in [-0.2, -0.15) is 0 Å². The number of nitrogens with one attached hydrogen (secondary N) is 2. The van der Waals surface area contributed by atoms with Gasteiger partial charge in [0.25, 0.3) is 11.8 Å². The van der Waals surface area contributed by atoms with Gasteiger partial charge in [0.15, 0.2) is 11.3 Å². The van der Waals surface area contributed by atoms with Gasteiger partial charge in [-0.25, -0.2) is 4.98 Å². The Morgan fingerprint density at radius 1 is 1.19 bits per heavy atom. The summed E-state index contributed by atoms with van der Waals surface area (Å²) in [7, 11) is 0. The molecule has 27 heavy (non-hydrogen) atoms. The second kappa shape index (κ2) is 9.14. The minimum Gasteiger partial charge on any atom is -0.451 e. The van der Waals surface area contributed by atoms with Gasteiger partial charge < -0.3 is 15.4 Å². The molecule has 1 atom stereocenters. The molecule has 0 aliphatic carbocycles. The Morgan fingerprint density at radius 3 is 2.59 bits per heavy atom. The number of hydrogen-bond acceptors (Lipinski definition) is 5. The van der Waals surface area contributed by atoms with Crippen molar-refractivity contribution in [2.45, 2.75) is 26.9 Å². The van der Waals surface area contributed by atoms with Crippen LogP contribution in [0.15, 0.2) is 36.5 Å². The van der Waals surface area contributed by atoms with Gasteiger partial charge in [-0.15, -0.1) is 0 Å². The third-order valence-electron chi connectivity index (χ3n) is 3.86. The topological polar surface area (TPSA) is 97.4 Å². The minimum absolute atomic E-state index is 0.130. The molecule has 142 valence electrons. The number of halogens is 1. The number of aryl methyl sites for hydroxylation is 2. The molecule has 0 fully saturated rings. The Labute approximate surface area is 162 Å². The first-order valence-corrected chi connectivity index (χ1v) is 8.62. The Bertz CT molecular complexity index is 870. The number of anilines is 1. The summed E-state index contributed by atoms with van der Waals surface area (Å²) in [6.45, 7) is 4.91. The number of carbonyl (C=O) groups excluding carboxylic acids is 3. The SMILES string of the molecule is Cc1ccc(C(=O)NCC(=O)OC(C)C(=O)Nc2cccnc2Cl)cc1C. The van der Waals surface area contributed by atoms with E-state index in [0.29, 0.717) is 11.3 Å². The molecule has 1 aromatic carbocycles. The van der Waals surface area contributed by atoms with Crippen molar-refractivity contribution in [1.82, 2.24) is 10.3 Å². The Hall–Kier alpha value is -2.93. The number of amides is 2. The summed E-state index contributed by atoms with van der Waals surface area (Å²) in [6, 6.07) is 8.44. The fraction of sp³-hybridized carbons (Fsp3) is 0.263. The molecule has 8 heteroatoms. The molecule has 1 heterocycles. The number of nitrogens with zero attached hydrogens (tertiary/aromatic N) is 1. The van der Waals surface area contributed by atoms with Crippen molar-refractivity contribution in [1.29, 1.82) is 0 Å². The molecule has 2 rings (SSSR count). The number of rotatable bonds is 6. The van der Waals surface area contributed by atoms with E-state index in [0.717, 1.165) is 11.1 Å². The van der Waals surface area contributed by atoms with Gasteiger partial charge in [-0.1, -0.05) is 17.7 Å². The molecule has 0 spiro atoms. The number of benzene rings is 1. The molecular weight excluding hydrogens is 370 g/mol. The summed E-state index contributed by atoms with van der Waals surface area (Å²) in [5.74, 6) is -1.68. The van der Waals surface area contributed by atoms with E-state index in [1.165, 1.54) is 13.1 Å². The maximum atomic E-state index is 12.1. The number of carbonyl (C=O) groups is 3. The van der Waals surface area contributed by atoms with E-state index in [-0.39, 0.29) is 11.7 Å². The summed E-state index contributed by atoms with van der Waals surface area (Å²) in [6.07, 6.45) is 0.423. The highest BCUT2D eigenvalue weighted by Crippen LogP contribution is 2.17. The average Bonchev–Trinajstić information content (AvgIpc) is 2.63. The predicted molar refractivity (Wildman–Crippen MR) is 102 cm³/mol. The van der Waals surface area contributed by atoms with Gasteiger partial charge in [0, 0.05) is 11.8 Å². The lowest BCUT2D eigenvalue weighted by Crippen LogP contribution is -2.35. The first-order chi connectivity index (χ1) is 12.8. The number of ether oxygens (including phenoxy) is 1. The third-order valence-corrected chi connectivity index (χ3v) is 4.16. The van der Waals surface area contributed by atoms with E-state index in [1.54, 1.807) is 24.3 Å². The lowest BCUT2D eigenvalue weighted by molar-refractivity contribution is -0.152. The fourth-order valence-corrected chi connectivity index (χ4v) is 2.31. The van der Waals surface area contributed by atoms with Crippen LogP contribution in [0.2, 0.25) is 5.15 Å². The van der Waals surface area contributed by atoms with Crippen LogP contribution in [0, 0.1) is 13.8 Å². The van der Waals surface area contributed by atoms with E-state index < -0.39 is 23.9 Å². The van der Waals surface area contributed by atoms with E-state index in [1.807, 2.05) is 19.9 Å². The van der Waals surface area contributed by atoms with Gasteiger partial charge in [0.2, 0.25) is 0 Å². The Balaban J connectivity index is 1.83. The predicted octanol–water partition coefficient (Wildman–Crippen LogP) is 2.65. The monoisotopic (exact) mass is 389 g/mol. The highest BCUT2D eigenvalue weighted by atomic mass is 35.5. The number of esters is 1. The van der Waals surface area contributed by atoms with E-state index in [2.05, 4.69) is 15.6 Å². The van der Waals surface area contributed by atoms with Gasteiger partial charge >= 0.3 is 5.97 Å². The molecule has 0 saturated heterocycles. The van der Waals surface area contributed by atoms with Crippen LogP contribution in [0.25, 0.3) is 0 Å². The lowest BCUT2D eigenvalue weighted by atomic mass is 10.1. The summed E-state index contributed by atoms with van der Waals surface area (Å²) in [5.41, 5.74) is 2.81. The lowest BCUT2D eigenvalue weighted by Gasteiger charge is -2.14. The zero-order valence-corrected chi connectivity index (χ0v) is 16.0. The quantitative estimate of drug-likeness (QED) is 0.584. The van der Waals surface area contributed by atoms with Crippen molar-refractivity contribution >= 4 is 35.1 Å². The smallest absolute Gasteiger partial charge is 0.326 e. The zero-order valence-electron chi connectivity index (χ0n) is 15.2. The van der Waals surface area contributed by atoms with Crippen molar-refractivity contribution < 1.29 is 19.1 Å². The Kier molecular flexibility index (Phi) is 6.90. The molecule has 7 nitrogen and oxygen atoms in total. The van der Waals surface area contributed by atoms with Crippen LogP contribution in [0.1, 0.15) is 28.4 Å². The van der Waals surface area contributed by atoms with Crippen LogP contribution in [-0.2, 0) is 14.3 Å². The van der Waals surface area contributed by atoms with Crippen molar-refractivity contribution in [3.8, 4) is 0 Å². The molecule has 2 amide bonds. The molecule has 0 aliphatic rings. The van der Waals surface area contributed by atoms with Crippen LogP contribution < -0.4 is 10.6 Å². The van der Waals surface area contributed by atoms with Gasteiger partial charge in [0.05, 0.1) is 5.69 Å². The Morgan fingerprint density at radius 2 is 1.93 bits per heavy atom. The third kappa shape index (κ3) is 5.79. The summed E-state index contributed by atoms with van der Waals surface area (Å²) in [5, 5.41) is 5.12. The van der Waals surface area contributed by atoms with Crippen LogP contribution in [0.4, 0.5) is 5.69 Å². The molecule has 1 unspecified atom stereocenters. The molecule has 0 aliphatic heterocycles. The maximum absolute atomic E-state index is 12.1. The van der Waals surface area contributed by atoms with E-state index >= 15 is 0 Å². The molecule has 0 bridgehead atoms.